The van der Waals surface area contributed by atoms with Crippen LogP contribution in [0.5, 0.6) is 0 Å². The third kappa shape index (κ3) is 3.46. The summed E-state index contributed by atoms with van der Waals surface area (Å²) in [7, 11) is 0. The number of nitrogens with one attached hydrogen (secondary N) is 1. The first-order valence-electron chi connectivity index (χ1n) is 5.28. The molecule has 0 saturated carbocycles. The van der Waals surface area contributed by atoms with Gasteiger partial charge in [-0.3, -0.25) is 0 Å². The van der Waals surface area contributed by atoms with Crippen LogP contribution < -0.4 is 5.32 Å². The van der Waals surface area contributed by atoms with Crippen LogP contribution in [0.15, 0.2) is 4.52 Å². The molecule has 0 fully saturated rings. The number of hydrogen-bond acceptors (Lipinski definition) is 4. The minimum absolute atomic E-state index is 0.463. The van der Waals surface area contributed by atoms with Crippen molar-refractivity contribution in [2.75, 3.05) is 6.54 Å². The van der Waals surface area contributed by atoms with Crippen molar-refractivity contribution in [1.29, 1.82) is 0 Å². The molecule has 0 saturated heterocycles. The second-order valence-corrected chi connectivity index (χ2v) is 3.48. The molecule has 0 aliphatic rings. The summed E-state index contributed by atoms with van der Waals surface area (Å²) in [5.74, 6) is 1.45. The summed E-state index contributed by atoms with van der Waals surface area (Å²) < 4.78 is 5.09. The molecule has 80 valence electrons. The van der Waals surface area contributed by atoms with Crippen LogP contribution in [0.25, 0.3) is 0 Å². The first kappa shape index (κ1) is 11.2. The van der Waals surface area contributed by atoms with Crippen molar-refractivity contribution >= 4 is 0 Å². The highest BCUT2D eigenvalue weighted by molar-refractivity contribution is 4.87. The summed E-state index contributed by atoms with van der Waals surface area (Å²) in [5.41, 5.74) is 0. The third-order valence-electron chi connectivity index (χ3n) is 2.12. The van der Waals surface area contributed by atoms with Crippen molar-refractivity contribution in [3.8, 4) is 0 Å². The van der Waals surface area contributed by atoms with Gasteiger partial charge in [0, 0.05) is 12.5 Å². The van der Waals surface area contributed by atoms with Crippen LogP contribution in [-0.2, 0) is 6.42 Å². The standard InChI is InChI=1S/C10H19N3O/c1-4-6-9(11-5-2)7-10-12-8(3)13-14-10/h9,11H,4-7H2,1-3H3. The van der Waals surface area contributed by atoms with Crippen LogP contribution in [-0.4, -0.2) is 22.7 Å². The number of hydrogen-bond donors (Lipinski definition) is 1. The van der Waals surface area contributed by atoms with Crippen molar-refractivity contribution in [2.24, 2.45) is 0 Å². The van der Waals surface area contributed by atoms with Gasteiger partial charge in [-0.25, -0.2) is 0 Å². The van der Waals surface area contributed by atoms with E-state index in [1.165, 1.54) is 6.42 Å². The molecule has 0 aliphatic heterocycles. The molecule has 4 heteroatoms. The molecular formula is C10H19N3O. The maximum atomic E-state index is 5.09. The van der Waals surface area contributed by atoms with E-state index in [1.54, 1.807) is 0 Å². The molecule has 0 aliphatic carbocycles. The molecule has 4 nitrogen and oxygen atoms in total. The lowest BCUT2D eigenvalue weighted by Crippen LogP contribution is -2.30. The molecular weight excluding hydrogens is 178 g/mol. The Bertz CT molecular complexity index is 254. The maximum absolute atomic E-state index is 5.09. The van der Waals surface area contributed by atoms with E-state index in [4.69, 9.17) is 4.52 Å². The summed E-state index contributed by atoms with van der Waals surface area (Å²) in [6.45, 7) is 7.12. The second kappa shape index (κ2) is 5.75. The normalized spacial score (nSPS) is 13.1. The molecule has 1 aromatic rings. The lowest BCUT2D eigenvalue weighted by molar-refractivity contribution is 0.349. The monoisotopic (exact) mass is 197 g/mol. The topological polar surface area (TPSA) is 51.0 Å². The largest absolute Gasteiger partial charge is 0.339 e. The van der Waals surface area contributed by atoms with Gasteiger partial charge in [0.1, 0.15) is 0 Å². The molecule has 0 amide bonds. The zero-order valence-corrected chi connectivity index (χ0v) is 9.21. The van der Waals surface area contributed by atoms with Crippen LogP contribution >= 0.6 is 0 Å². The van der Waals surface area contributed by atoms with Gasteiger partial charge >= 0.3 is 0 Å². The average Bonchev–Trinajstić information content (AvgIpc) is 2.52. The molecule has 1 N–H and O–H groups in total. The highest BCUT2D eigenvalue weighted by Crippen LogP contribution is 2.05. The van der Waals surface area contributed by atoms with E-state index in [9.17, 15) is 0 Å². The van der Waals surface area contributed by atoms with E-state index in [0.29, 0.717) is 11.9 Å². The van der Waals surface area contributed by atoms with E-state index < -0.39 is 0 Å². The molecule has 1 heterocycles. The fourth-order valence-corrected chi connectivity index (χ4v) is 1.55. The smallest absolute Gasteiger partial charge is 0.228 e. The van der Waals surface area contributed by atoms with Gasteiger partial charge in [0.2, 0.25) is 5.89 Å². The van der Waals surface area contributed by atoms with Gasteiger partial charge in [0.25, 0.3) is 0 Å². The van der Waals surface area contributed by atoms with Crippen LogP contribution in [0.2, 0.25) is 0 Å². The highest BCUT2D eigenvalue weighted by atomic mass is 16.5. The lowest BCUT2D eigenvalue weighted by Gasteiger charge is -2.14. The third-order valence-corrected chi connectivity index (χ3v) is 2.12. The predicted molar refractivity (Wildman–Crippen MR) is 55.1 cm³/mol. The van der Waals surface area contributed by atoms with Crippen molar-refractivity contribution < 1.29 is 4.52 Å². The zero-order valence-electron chi connectivity index (χ0n) is 9.21. The number of aromatic nitrogens is 2. The Balaban J connectivity index is 2.46. The molecule has 1 atom stereocenters. The number of likely N-dealkylation sites (N-methyl/N-ethyl adjacent to an activating group) is 1. The van der Waals surface area contributed by atoms with Gasteiger partial charge in [0.05, 0.1) is 0 Å². The van der Waals surface area contributed by atoms with Gasteiger partial charge < -0.3 is 9.84 Å². The summed E-state index contributed by atoms with van der Waals surface area (Å²) in [5, 5.41) is 7.19. The van der Waals surface area contributed by atoms with Crippen LogP contribution in [0.3, 0.4) is 0 Å². The highest BCUT2D eigenvalue weighted by Gasteiger charge is 2.11. The number of aryl methyl sites for hydroxylation is 1. The maximum Gasteiger partial charge on any atom is 0.228 e. The van der Waals surface area contributed by atoms with Crippen molar-refractivity contribution in [1.82, 2.24) is 15.5 Å². The predicted octanol–water partition coefficient (Wildman–Crippen LogP) is 1.70. The first-order valence-corrected chi connectivity index (χ1v) is 5.28. The van der Waals surface area contributed by atoms with E-state index >= 15 is 0 Å². The summed E-state index contributed by atoms with van der Waals surface area (Å²) in [4.78, 5) is 4.20. The molecule has 0 radical (unpaired) electrons. The van der Waals surface area contributed by atoms with E-state index in [1.807, 2.05) is 6.92 Å². The summed E-state index contributed by atoms with van der Waals surface area (Å²) in [6.07, 6.45) is 3.16. The Morgan fingerprint density at radius 3 is 2.71 bits per heavy atom. The van der Waals surface area contributed by atoms with Gasteiger partial charge in [0.15, 0.2) is 5.82 Å². The Labute approximate surface area is 85.1 Å². The molecule has 1 unspecified atom stereocenters. The van der Waals surface area contributed by atoms with Crippen LogP contribution in [0, 0.1) is 6.92 Å². The second-order valence-electron chi connectivity index (χ2n) is 3.48. The molecule has 0 bridgehead atoms. The minimum Gasteiger partial charge on any atom is -0.339 e. The zero-order chi connectivity index (χ0) is 10.4. The van der Waals surface area contributed by atoms with Crippen LogP contribution in [0.1, 0.15) is 38.4 Å². The van der Waals surface area contributed by atoms with Gasteiger partial charge in [-0.2, -0.15) is 4.98 Å². The number of nitrogens with zero attached hydrogens (tertiary/aromatic N) is 2. The van der Waals surface area contributed by atoms with Crippen LogP contribution in [0.4, 0.5) is 0 Å². The Kier molecular flexibility index (Phi) is 4.59. The number of rotatable bonds is 6. The summed E-state index contributed by atoms with van der Waals surface area (Å²) >= 11 is 0. The lowest BCUT2D eigenvalue weighted by atomic mass is 10.1. The first-order chi connectivity index (χ1) is 6.76. The quantitative estimate of drug-likeness (QED) is 0.754. The molecule has 0 spiro atoms. The molecule has 14 heavy (non-hydrogen) atoms. The molecule has 1 rings (SSSR count). The SMILES string of the molecule is CCCC(Cc1nc(C)no1)NCC. The molecule has 0 aromatic carbocycles. The van der Waals surface area contributed by atoms with E-state index in [2.05, 4.69) is 29.3 Å². The van der Waals surface area contributed by atoms with E-state index in [-0.39, 0.29) is 0 Å². The van der Waals surface area contributed by atoms with E-state index in [0.717, 1.165) is 25.3 Å². The average molecular weight is 197 g/mol. The van der Waals surface area contributed by atoms with Crippen molar-refractivity contribution in [3.63, 3.8) is 0 Å². The van der Waals surface area contributed by atoms with Crippen molar-refractivity contribution in [3.05, 3.63) is 11.7 Å². The van der Waals surface area contributed by atoms with Gasteiger partial charge in [-0.1, -0.05) is 25.4 Å². The summed E-state index contributed by atoms with van der Waals surface area (Å²) in [6, 6.07) is 0.463. The Hall–Kier alpha value is -0.900. The molecule has 1 aromatic heterocycles. The fourth-order valence-electron chi connectivity index (χ4n) is 1.55. The van der Waals surface area contributed by atoms with Gasteiger partial charge in [-0.15, -0.1) is 0 Å². The van der Waals surface area contributed by atoms with Gasteiger partial charge in [-0.05, 0) is 19.9 Å². The fraction of sp³-hybridized carbons (Fsp3) is 0.800. The minimum atomic E-state index is 0.463. The Morgan fingerprint density at radius 2 is 2.21 bits per heavy atom. The Morgan fingerprint density at radius 1 is 1.43 bits per heavy atom. The van der Waals surface area contributed by atoms with Crippen molar-refractivity contribution in [2.45, 2.75) is 46.1 Å².